The van der Waals surface area contributed by atoms with Crippen LogP contribution in [0.3, 0.4) is 0 Å². The van der Waals surface area contributed by atoms with Gasteiger partial charge in [0.25, 0.3) is 0 Å². The molecule has 8 heteroatoms. The summed E-state index contributed by atoms with van der Waals surface area (Å²) in [4.78, 5) is 15.4. The number of carboxylic acid groups (broad SMARTS) is 1. The third-order valence-corrected chi connectivity index (χ3v) is 4.56. The minimum Gasteiger partial charge on any atom is -0.479 e. The molecule has 3 rings (SSSR count). The van der Waals surface area contributed by atoms with Crippen molar-refractivity contribution >= 4 is 5.97 Å². The van der Waals surface area contributed by atoms with Gasteiger partial charge in [-0.25, -0.2) is 9.78 Å². The Hall–Kier alpha value is -2.77. The summed E-state index contributed by atoms with van der Waals surface area (Å²) in [5, 5.41) is 9.06. The highest BCUT2D eigenvalue weighted by molar-refractivity contribution is 5.73. The number of aliphatic carboxylic acids is 1. The van der Waals surface area contributed by atoms with E-state index in [1.165, 1.54) is 13.0 Å². The summed E-state index contributed by atoms with van der Waals surface area (Å²) in [5.74, 6) is -1.47. The molecule has 1 N–H and O–H groups in total. The van der Waals surface area contributed by atoms with Gasteiger partial charge in [0.15, 0.2) is 6.10 Å². The molecule has 1 aliphatic rings. The molecular weight excluding hydrogens is 375 g/mol. The van der Waals surface area contributed by atoms with E-state index in [1.54, 1.807) is 18.2 Å². The van der Waals surface area contributed by atoms with Gasteiger partial charge in [-0.3, -0.25) is 0 Å². The van der Waals surface area contributed by atoms with Crippen molar-refractivity contribution < 1.29 is 32.5 Å². The molecule has 0 saturated heterocycles. The molecule has 2 aromatic rings. The molecule has 1 saturated carbocycles. The number of halogens is 3. The van der Waals surface area contributed by atoms with Gasteiger partial charge in [0, 0.05) is 11.6 Å². The summed E-state index contributed by atoms with van der Waals surface area (Å²) in [7, 11) is 0. The lowest BCUT2D eigenvalue weighted by molar-refractivity contribution is -0.148. The van der Waals surface area contributed by atoms with Gasteiger partial charge in [0.1, 0.15) is 11.9 Å². The van der Waals surface area contributed by atoms with E-state index in [1.807, 2.05) is 0 Å². The summed E-state index contributed by atoms with van der Waals surface area (Å²) in [5.41, 5.74) is -0.474. The van der Waals surface area contributed by atoms with Crippen LogP contribution in [0, 0.1) is 0 Å². The van der Waals surface area contributed by atoms with Crippen molar-refractivity contribution in [3.05, 3.63) is 42.0 Å². The summed E-state index contributed by atoms with van der Waals surface area (Å²) < 4.78 is 51.4. The second-order valence-corrected chi connectivity index (χ2v) is 6.59. The molecule has 150 valence electrons. The maximum absolute atomic E-state index is 13.5. The largest absolute Gasteiger partial charge is 0.479 e. The fourth-order valence-corrected chi connectivity index (χ4v) is 2.78. The van der Waals surface area contributed by atoms with E-state index >= 15 is 0 Å². The number of carbonyl (C=O) groups is 1. The standard InChI is InChI=1S/C20H20F3NO4/c1-2-16(19(25)26)28-17-10-9-12(11-14(17)20(21,22)23)15-7-4-8-18(24-15)27-13-5-3-6-13/h4,7-11,13,16H,2-3,5-6H2,1H3,(H,25,26). The second-order valence-electron chi connectivity index (χ2n) is 6.59. The van der Waals surface area contributed by atoms with Crippen LogP contribution in [0.4, 0.5) is 13.2 Å². The third kappa shape index (κ3) is 4.55. The number of alkyl halides is 3. The number of benzene rings is 1. The van der Waals surface area contributed by atoms with Gasteiger partial charge in [0.05, 0.1) is 11.3 Å². The van der Waals surface area contributed by atoms with Crippen LogP contribution in [0.5, 0.6) is 11.6 Å². The average molecular weight is 395 g/mol. The van der Waals surface area contributed by atoms with Crippen molar-refractivity contribution in [1.29, 1.82) is 0 Å². The number of hydrogen-bond donors (Lipinski definition) is 1. The molecule has 0 spiro atoms. The Morgan fingerprint density at radius 3 is 2.61 bits per heavy atom. The predicted octanol–water partition coefficient (Wildman–Crippen LogP) is 4.94. The molecule has 0 amide bonds. The molecule has 28 heavy (non-hydrogen) atoms. The van der Waals surface area contributed by atoms with E-state index in [9.17, 15) is 18.0 Å². The zero-order chi connectivity index (χ0) is 20.3. The van der Waals surface area contributed by atoms with E-state index in [0.29, 0.717) is 11.6 Å². The Kier molecular flexibility index (Phi) is 5.76. The van der Waals surface area contributed by atoms with E-state index in [2.05, 4.69) is 4.98 Å². The average Bonchev–Trinajstić information content (AvgIpc) is 2.62. The molecule has 0 radical (unpaired) electrons. The topological polar surface area (TPSA) is 68.7 Å². The lowest BCUT2D eigenvalue weighted by atomic mass is 9.96. The minimum absolute atomic E-state index is 0.0382. The first-order chi connectivity index (χ1) is 13.3. The van der Waals surface area contributed by atoms with Crippen LogP contribution in [0.2, 0.25) is 0 Å². The van der Waals surface area contributed by atoms with Crippen molar-refractivity contribution in [1.82, 2.24) is 4.98 Å². The number of ether oxygens (including phenoxy) is 2. The van der Waals surface area contributed by atoms with Crippen molar-refractivity contribution in [2.45, 2.75) is 51.0 Å². The van der Waals surface area contributed by atoms with Gasteiger partial charge in [-0.15, -0.1) is 0 Å². The van der Waals surface area contributed by atoms with Crippen molar-refractivity contribution in [2.75, 3.05) is 0 Å². The normalized spacial score (nSPS) is 15.6. The molecule has 1 aromatic heterocycles. The van der Waals surface area contributed by atoms with Crippen molar-refractivity contribution in [3.63, 3.8) is 0 Å². The van der Waals surface area contributed by atoms with Crippen molar-refractivity contribution in [2.24, 2.45) is 0 Å². The maximum Gasteiger partial charge on any atom is 0.419 e. The fraction of sp³-hybridized carbons (Fsp3) is 0.400. The monoisotopic (exact) mass is 395 g/mol. The molecule has 0 bridgehead atoms. The third-order valence-electron chi connectivity index (χ3n) is 4.56. The molecule has 5 nitrogen and oxygen atoms in total. The van der Waals surface area contributed by atoms with Crippen molar-refractivity contribution in [3.8, 4) is 22.9 Å². The Bertz CT molecular complexity index is 850. The lowest BCUT2D eigenvalue weighted by Gasteiger charge is -2.25. The number of hydrogen-bond acceptors (Lipinski definition) is 4. The van der Waals surface area contributed by atoms with E-state index < -0.39 is 29.6 Å². The first kappa shape index (κ1) is 20.0. The zero-order valence-electron chi connectivity index (χ0n) is 15.2. The van der Waals surface area contributed by atoms with Crippen LogP contribution < -0.4 is 9.47 Å². The molecule has 1 atom stereocenters. The smallest absolute Gasteiger partial charge is 0.419 e. The van der Waals surface area contributed by atoms with Gasteiger partial charge in [-0.05, 0) is 49.9 Å². The SMILES string of the molecule is CCC(Oc1ccc(-c2cccc(OC3CCC3)n2)cc1C(F)(F)F)C(=O)O. The number of aromatic nitrogens is 1. The van der Waals surface area contributed by atoms with E-state index in [0.717, 1.165) is 31.4 Å². The van der Waals surface area contributed by atoms with Gasteiger partial charge < -0.3 is 14.6 Å². The highest BCUT2D eigenvalue weighted by atomic mass is 19.4. The van der Waals surface area contributed by atoms with Crippen LogP contribution in [0.15, 0.2) is 36.4 Å². The Morgan fingerprint density at radius 2 is 2.04 bits per heavy atom. The van der Waals surface area contributed by atoms with E-state index in [4.69, 9.17) is 14.6 Å². The molecule has 1 aliphatic carbocycles. The fourth-order valence-electron chi connectivity index (χ4n) is 2.78. The molecule has 0 aliphatic heterocycles. The summed E-state index contributed by atoms with van der Waals surface area (Å²) in [6, 6.07) is 8.41. The molecular formula is C20H20F3NO4. The number of pyridine rings is 1. The minimum atomic E-state index is -4.71. The van der Waals surface area contributed by atoms with Gasteiger partial charge >= 0.3 is 12.1 Å². The van der Waals surface area contributed by atoms with Gasteiger partial charge in [-0.2, -0.15) is 13.2 Å². The Balaban J connectivity index is 1.92. The number of nitrogens with zero attached hydrogens (tertiary/aromatic N) is 1. The first-order valence-corrected chi connectivity index (χ1v) is 9.02. The predicted molar refractivity (Wildman–Crippen MR) is 95.3 cm³/mol. The number of rotatable bonds is 7. The summed E-state index contributed by atoms with van der Waals surface area (Å²) in [6.07, 6.45) is -2.94. The van der Waals surface area contributed by atoms with Crippen LogP contribution in [0.25, 0.3) is 11.3 Å². The molecule has 1 unspecified atom stereocenters. The zero-order valence-corrected chi connectivity index (χ0v) is 15.2. The molecule has 1 heterocycles. The van der Waals surface area contributed by atoms with E-state index in [-0.39, 0.29) is 18.1 Å². The maximum atomic E-state index is 13.5. The molecule has 1 aromatic carbocycles. The van der Waals surface area contributed by atoms with Gasteiger partial charge in [-0.1, -0.05) is 13.0 Å². The summed E-state index contributed by atoms with van der Waals surface area (Å²) in [6.45, 7) is 1.53. The highest BCUT2D eigenvalue weighted by Crippen LogP contribution is 2.39. The second kappa shape index (κ2) is 8.08. The number of carboxylic acids is 1. The van der Waals surface area contributed by atoms with Crippen LogP contribution >= 0.6 is 0 Å². The van der Waals surface area contributed by atoms with Gasteiger partial charge in [0.2, 0.25) is 5.88 Å². The van der Waals surface area contributed by atoms with Crippen LogP contribution in [-0.2, 0) is 11.0 Å². The summed E-state index contributed by atoms with van der Waals surface area (Å²) >= 11 is 0. The van der Waals surface area contributed by atoms with Crippen LogP contribution in [0.1, 0.15) is 38.2 Å². The Labute approximate surface area is 160 Å². The Morgan fingerprint density at radius 1 is 1.29 bits per heavy atom. The molecule has 1 fully saturated rings. The highest BCUT2D eigenvalue weighted by Gasteiger charge is 2.36. The van der Waals surface area contributed by atoms with Crippen LogP contribution in [-0.4, -0.2) is 28.3 Å². The quantitative estimate of drug-likeness (QED) is 0.719. The first-order valence-electron chi connectivity index (χ1n) is 9.02. The lowest BCUT2D eigenvalue weighted by Crippen LogP contribution is -2.27.